The fraction of sp³-hybridized carbons (Fsp3) is 0.455. The van der Waals surface area contributed by atoms with E-state index in [1.54, 1.807) is 43.6 Å². The smallest absolute Gasteiger partial charge is 0.282 e. The van der Waals surface area contributed by atoms with Crippen molar-refractivity contribution in [1.29, 1.82) is 0 Å². The number of nitrogens with one attached hydrogen (secondary N) is 2. The van der Waals surface area contributed by atoms with Gasteiger partial charge in [-0.3, -0.25) is 14.4 Å². The summed E-state index contributed by atoms with van der Waals surface area (Å²) < 4.78 is 39.8. The Hall–Kier alpha value is -4.32. The van der Waals surface area contributed by atoms with Gasteiger partial charge in [-0.2, -0.15) is 4.98 Å². The fourth-order valence-electron chi connectivity index (χ4n) is 5.54. The van der Waals surface area contributed by atoms with Crippen molar-refractivity contribution in [1.82, 2.24) is 19.8 Å². The predicted molar refractivity (Wildman–Crippen MR) is 166 cm³/mol. The Bertz CT molecular complexity index is 1640. The van der Waals surface area contributed by atoms with Gasteiger partial charge in [0.25, 0.3) is 23.3 Å². The number of ether oxygens (including phenoxy) is 2. The van der Waals surface area contributed by atoms with Gasteiger partial charge in [-0.25, -0.2) is 8.78 Å². The molecule has 45 heavy (non-hydrogen) atoms. The molecule has 1 atom stereocenters. The molecule has 0 bridgehead atoms. The van der Waals surface area contributed by atoms with Gasteiger partial charge in [-0.1, -0.05) is 6.42 Å². The third-order valence-corrected chi connectivity index (χ3v) is 8.27. The average molecular weight is 624 g/mol. The zero-order valence-corrected chi connectivity index (χ0v) is 26.2. The molecule has 0 spiro atoms. The number of nitrogens with zero attached hydrogens (tertiary/aromatic N) is 3. The monoisotopic (exact) mass is 623 g/mol. The summed E-state index contributed by atoms with van der Waals surface area (Å²) in [7, 11) is 3.04. The summed E-state index contributed by atoms with van der Waals surface area (Å²) in [5.74, 6) is -2.90. The second-order valence-corrected chi connectivity index (χ2v) is 12.2. The van der Waals surface area contributed by atoms with Gasteiger partial charge in [-0.05, 0) is 86.6 Å². The highest BCUT2D eigenvalue weighted by Crippen LogP contribution is 2.35. The van der Waals surface area contributed by atoms with Crippen molar-refractivity contribution >= 4 is 17.6 Å². The Morgan fingerprint density at radius 1 is 1.09 bits per heavy atom. The highest BCUT2D eigenvalue weighted by Gasteiger charge is 2.46. The van der Waals surface area contributed by atoms with Crippen molar-refractivity contribution in [3.05, 3.63) is 69.6 Å². The van der Waals surface area contributed by atoms with Crippen LogP contribution in [0, 0.1) is 5.92 Å². The number of aromatic nitrogens is 2. The lowest BCUT2D eigenvalue weighted by Crippen LogP contribution is -2.58. The number of likely N-dealkylation sites (tertiary alicyclic amines) is 1. The first kappa shape index (κ1) is 32.1. The lowest BCUT2D eigenvalue weighted by molar-refractivity contribution is -0.113. The number of methoxy groups -OCH3 is 1. The van der Waals surface area contributed by atoms with Gasteiger partial charge in [0, 0.05) is 31.9 Å². The SMILES string of the molecule is COc1ccc(-c2cc(NC(=O)c3cc(CN[C@@H](C)C4CCC4)cn(C)c3=O)nc(OC(C)C)c2)c(C(=O)N2CC(F)(F)C2)c1. The van der Waals surface area contributed by atoms with Crippen LogP contribution >= 0.6 is 0 Å². The van der Waals surface area contributed by atoms with Crippen LogP contribution in [0.3, 0.4) is 0 Å². The first-order chi connectivity index (χ1) is 21.3. The minimum absolute atomic E-state index is 0.0503. The van der Waals surface area contributed by atoms with Crippen LogP contribution in [0.1, 0.15) is 66.3 Å². The molecule has 1 saturated heterocycles. The number of carbonyl (C=O) groups excluding carboxylic acids is 2. The summed E-state index contributed by atoms with van der Waals surface area (Å²) >= 11 is 0. The Labute approximate surface area is 260 Å². The molecule has 12 heteroatoms. The van der Waals surface area contributed by atoms with Crippen molar-refractivity contribution in [2.75, 3.05) is 25.5 Å². The molecule has 1 aromatic carbocycles. The number of halogens is 2. The van der Waals surface area contributed by atoms with E-state index in [2.05, 4.69) is 22.5 Å². The number of benzene rings is 1. The lowest BCUT2D eigenvalue weighted by Gasteiger charge is -2.39. The lowest BCUT2D eigenvalue weighted by atomic mass is 9.80. The normalized spacial score (nSPS) is 16.5. The minimum Gasteiger partial charge on any atom is -0.497 e. The van der Waals surface area contributed by atoms with Crippen LogP contribution in [0.5, 0.6) is 11.6 Å². The maximum Gasteiger partial charge on any atom is 0.282 e. The van der Waals surface area contributed by atoms with E-state index in [1.807, 2.05) is 13.8 Å². The van der Waals surface area contributed by atoms with Crippen LogP contribution in [0.4, 0.5) is 14.6 Å². The molecule has 3 aromatic rings. The molecule has 5 rings (SSSR count). The molecule has 2 aliphatic rings. The van der Waals surface area contributed by atoms with E-state index in [4.69, 9.17) is 9.47 Å². The zero-order chi connectivity index (χ0) is 32.5. The van der Waals surface area contributed by atoms with E-state index in [1.165, 1.54) is 37.0 Å². The van der Waals surface area contributed by atoms with E-state index in [-0.39, 0.29) is 28.9 Å². The molecule has 2 aromatic heterocycles. The first-order valence-corrected chi connectivity index (χ1v) is 15.1. The molecule has 10 nitrogen and oxygen atoms in total. The summed E-state index contributed by atoms with van der Waals surface area (Å²) in [5, 5.41) is 6.22. The number of alkyl halides is 2. The van der Waals surface area contributed by atoms with Gasteiger partial charge in [0.15, 0.2) is 0 Å². The van der Waals surface area contributed by atoms with Crippen molar-refractivity contribution in [2.24, 2.45) is 13.0 Å². The maximum absolute atomic E-state index is 13.6. The highest BCUT2D eigenvalue weighted by molar-refractivity contribution is 6.05. The summed E-state index contributed by atoms with van der Waals surface area (Å²) in [6.07, 6.45) is 5.08. The molecule has 2 N–H and O–H groups in total. The Morgan fingerprint density at radius 3 is 2.44 bits per heavy atom. The third kappa shape index (κ3) is 7.33. The summed E-state index contributed by atoms with van der Waals surface area (Å²) in [6.45, 7) is 4.93. The minimum atomic E-state index is -2.93. The fourth-order valence-corrected chi connectivity index (χ4v) is 5.54. The van der Waals surface area contributed by atoms with Gasteiger partial charge in [0.2, 0.25) is 5.88 Å². The Balaban J connectivity index is 1.45. The van der Waals surface area contributed by atoms with Crippen LogP contribution in [0.2, 0.25) is 0 Å². The Kier molecular flexibility index (Phi) is 9.24. The molecule has 0 unspecified atom stereocenters. The number of carbonyl (C=O) groups is 2. The number of hydrogen-bond donors (Lipinski definition) is 2. The van der Waals surface area contributed by atoms with E-state index < -0.39 is 36.4 Å². The van der Waals surface area contributed by atoms with Crippen LogP contribution < -0.4 is 25.7 Å². The second kappa shape index (κ2) is 13.0. The van der Waals surface area contributed by atoms with Crippen LogP contribution in [-0.2, 0) is 13.6 Å². The van der Waals surface area contributed by atoms with Crippen molar-refractivity contribution < 1.29 is 27.8 Å². The molecular formula is C33H39F2N5O5. The van der Waals surface area contributed by atoms with Gasteiger partial charge in [-0.15, -0.1) is 0 Å². The molecular weight excluding hydrogens is 584 g/mol. The van der Waals surface area contributed by atoms with Crippen LogP contribution in [-0.4, -0.2) is 64.5 Å². The molecule has 240 valence electrons. The van der Waals surface area contributed by atoms with Gasteiger partial charge >= 0.3 is 0 Å². The number of rotatable bonds is 11. The van der Waals surface area contributed by atoms with Crippen LogP contribution in [0.15, 0.2) is 47.4 Å². The third-order valence-electron chi connectivity index (χ3n) is 8.27. The first-order valence-electron chi connectivity index (χ1n) is 15.1. The number of pyridine rings is 2. The zero-order valence-electron chi connectivity index (χ0n) is 26.2. The molecule has 0 radical (unpaired) electrons. The quantitative estimate of drug-likeness (QED) is 0.314. The number of hydrogen-bond acceptors (Lipinski definition) is 7. The van der Waals surface area contributed by atoms with Gasteiger partial charge < -0.3 is 29.6 Å². The molecule has 2 fully saturated rings. The maximum atomic E-state index is 13.6. The van der Waals surface area contributed by atoms with E-state index in [9.17, 15) is 23.2 Å². The van der Waals surface area contributed by atoms with E-state index in [0.29, 0.717) is 35.4 Å². The summed E-state index contributed by atoms with van der Waals surface area (Å²) in [6, 6.07) is 9.83. The van der Waals surface area contributed by atoms with Crippen LogP contribution in [0.25, 0.3) is 11.1 Å². The predicted octanol–water partition coefficient (Wildman–Crippen LogP) is 4.86. The number of amides is 2. The van der Waals surface area contributed by atoms with Crippen molar-refractivity contribution in [2.45, 2.75) is 64.6 Å². The summed E-state index contributed by atoms with van der Waals surface area (Å²) in [4.78, 5) is 45.3. The molecule has 1 saturated carbocycles. The summed E-state index contributed by atoms with van der Waals surface area (Å²) in [5.41, 5.74) is 1.28. The molecule has 1 aliphatic heterocycles. The Morgan fingerprint density at radius 2 is 1.82 bits per heavy atom. The number of aryl methyl sites for hydroxylation is 1. The van der Waals surface area contributed by atoms with E-state index >= 15 is 0 Å². The topological polar surface area (TPSA) is 115 Å². The average Bonchev–Trinajstić information content (AvgIpc) is 2.94. The van der Waals surface area contributed by atoms with Gasteiger partial charge in [0.05, 0.1) is 31.9 Å². The molecule has 2 amide bonds. The van der Waals surface area contributed by atoms with E-state index in [0.717, 1.165) is 10.5 Å². The van der Waals surface area contributed by atoms with Crippen molar-refractivity contribution in [3.8, 4) is 22.8 Å². The van der Waals surface area contributed by atoms with Crippen molar-refractivity contribution in [3.63, 3.8) is 0 Å². The van der Waals surface area contributed by atoms with Gasteiger partial charge in [0.1, 0.15) is 17.1 Å². The highest BCUT2D eigenvalue weighted by atomic mass is 19.3. The molecule has 3 heterocycles. The standard InChI is InChI=1S/C33H39F2N5O5/c1-19(2)45-29-13-23(25-10-9-24(44-5)14-26(25)32(43)40-17-33(34,35)18-40)12-28(37-29)38-30(41)27-11-21(16-39(4)31(27)42)15-36-20(3)22-7-6-8-22/h9-14,16,19-20,22,36H,6-8,15,17-18H2,1-5H3,(H,37,38,41)/t20-/m0/s1. The number of anilines is 1. The second-order valence-electron chi connectivity index (χ2n) is 12.2. The largest absolute Gasteiger partial charge is 0.497 e. The molecule has 1 aliphatic carbocycles.